The molecule has 0 aliphatic carbocycles. The lowest BCUT2D eigenvalue weighted by atomic mass is 10.2. The van der Waals surface area contributed by atoms with E-state index in [0.717, 1.165) is 53.6 Å². The van der Waals surface area contributed by atoms with Crippen molar-refractivity contribution >= 4 is 21.9 Å². The summed E-state index contributed by atoms with van der Waals surface area (Å²) < 4.78 is 2.18. The van der Waals surface area contributed by atoms with Crippen LogP contribution in [0.3, 0.4) is 0 Å². The minimum Gasteiger partial charge on any atom is -0.324 e. The summed E-state index contributed by atoms with van der Waals surface area (Å²) in [4.78, 5) is 9.31. The summed E-state index contributed by atoms with van der Waals surface area (Å²) in [5.74, 6) is 1.11. The Hall–Kier alpha value is -2.10. The van der Waals surface area contributed by atoms with E-state index in [1.165, 1.54) is 6.42 Å². The van der Waals surface area contributed by atoms with Gasteiger partial charge in [0.25, 0.3) is 0 Å². The first-order valence-electron chi connectivity index (χ1n) is 7.84. The van der Waals surface area contributed by atoms with Gasteiger partial charge in [-0.3, -0.25) is 4.98 Å². The van der Waals surface area contributed by atoms with Gasteiger partial charge < -0.3 is 5.43 Å². The summed E-state index contributed by atoms with van der Waals surface area (Å²) in [5.41, 5.74) is 6.66. The topological polar surface area (TPSA) is 42.7 Å². The van der Waals surface area contributed by atoms with Gasteiger partial charge in [0.1, 0.15) is 16.9 Å². The monoisotopic (exact) mass is 282 g/mol. The third-order valence-corrected chi connectivity index (χ3v) is 3.73. The normalized spacial score (nSPS) is 11.3. The lowest BCUT2D eigenvalue weighted by Gasteiger charge is -2.12. The lowest BCUT2D eigenvalue weighted by molar-refractivity contribution is 0.706. The van der Waals surface area contributed by atoms with Gasteiger partial charge in [-0.15, -0.1) is 0 Å². The van der Waals surface area contributed by atoms with E-state index < -0.39 is 0 Å². The van der Waals surface area contributed by atoms with Crippen LogP contribution in [-0.2, 0) is 6.42 Å². The van der Waals surface area contributed by atoms with Gasteiger partial charge in [-0.2, -0.15) is 0 Å². The highest BCUT2D eigenvalue weighted by Crippen LogP contribution is 2.24. The molecule has 0 amide bonds. The predicted octanol–water partition coefficient (Wildman–Crippen LogP) is 3.88. The van der Waals surface area contributed by atoms with E-state index >= 15 is 0 Å². The largest absolute Gasteiger partial charge is 0.324 e. The van der Waals surface area contributed by atoms with Gasteiger partial charge in [0, 0.05) is 18.4 Å². The number of nitrogens with one attached hydrogen (secondary N) is 1. The second kappa shape index (κ2) is 6.12. The highest BCUT2D eigenvalue weighted by atomic mass is 15.4. The van der Waals surface area contributed by atoms with Crippen LogP contribution in [0, 0.1) is 0 Å². The molecule has 0 saturated carbocycles. The molecular formula is C17H22N4. The zero-order chi connectivity index (χ0) is 14.7. The smallest absolute Gasteiger partial charge is 0.128 e. The van der Waals surface area contributed by atoms with E-state index in [-0.39, 0.29) is 0 Å². The average Bonchev–Trinajstić information content (AvgIpc) is 2.88. The van der Waals surface area contributed by atoms with Crippen LogP contribution in [0.1, 0.15) is 38.9 Å². The molecule has 0 spiro atoms. The van der Waals surface area contributed by atoms with Gasteiger partial charge in [-0.05, 0) is 18.9 Å². The Bertz CT molecular complexity index is 745. The number of nitrogens with zero attached hydrogens (tertiary/aromatic N) is 3. The number of para-hydroxylation sites is 1. The molecule has 1 N–H and O–H groups in total. The lowest BCUT2D eigenvalue weighted by Crippen LogP contribution is -2.18. The number of rotatable bonds is 6. The summed E-state index contributed by atoms with van der Waals surface area (Å²) >= 11 is 0. The number of aryl methyl sites for hydroxylation is 1. The van der Waals surface area contributed by atoms with Crippen LogP contribution in [0.15, 0.2) is 30.5 Å². The number of hydrogen-bond acceptors (Lipinski definition) is 3. The van der Waals surface area contributed by atoms with Gasteiger partial charge in [0.15, 0.2) is 0 Å². The number of fused-ring (bicyclic) bond motifs is 3. The third-order valence-electron chi connectivity index (χ3n) is 3.73. The van der Waals surface area contributed by atoms with Crippen molar-refractivity contribution in [2.45, 2.75) is 39.5 Å². The minimum absolute atomic E-state index is 0.946. The Balaban J connectivity index is 2.20. The van der Waals surface area contributed by atoms with Crippen molar-refractivity contribution < 1.29 is 0 Å². The fraction of sp³-hybridized carbons (Fsp3) is 0.412. The highest BCUT2D eigenvalue weighted by molar-refractivity contribution is 6.02. The summed E-state index contributed by atoms with van der Waals surface area (Å²) in [6, 6.07) is 8.27. The standard InChI is InChI=1S/C17H22N4/c1-3-5-10-16-20-15-12-18-14-9-7-6-8-13(14)17(15)21(16)19-11-4-2/h6-9,12,19H,3-5,10-11H2,1-2H3. The molecule has 1 aromatic carbocycles. The Kier molecular flexibility index (Phi) is 4.04. The van der Waals surface area contributed by atoms with Crippen LogP contribution in [0.4, 0.5) is 0 Å². The van der Waals surface area contributed by atoms with E-state index in [1.807, 2.05) is 12.3 Å². The maximum Gasteiger partial charge on any atom is 0.128 e. The molecule has 2 aromatic heterocycles. The van der Waals surface area contributed by atoms with Gasteiger partial charge in [0.05, 0.1) is 11.7 Å². The summed E-state index contributed by atoms with van der Waals surface area (Å²) in [6.07, 6.45) is 6.31. The molecule has 0 radical (unpaired) electrons. The van der Waals surface area contributed by atoms with E-state index in [9.17, 15) is 0 Å². The van der Waals surface area contributed by atoms with E-state index in [4.69, 9.17) is 4.98 Å². The molecule has 0 unspecified atom stereocenters. The number of aromatic nitrogens is 3. The van der Waals surface area contributed by atoms with Gasteiger partial charge in [-0.25, -0.2) is 9.66 Å². The quantitative estimate of drug-likeness (QED) is 0.746. The maximum atomic E-state index is 4.79. The molecule has 4 nitrogen and oxygen atoms in total. The first-order valence-corrected chi connectivity index (χ1v) is 7.84. The molecule has 110 valence electrons. The Morgan fingerprint density at radius 1 is 1.10 bits per heavy atom. The van der Waals surface area contributed by atoms with Crippen molar-refractivity contribution in [1.82, 2.24) is 14.6 Å². The Morgan fingerprint density at radius 2 is 1.95 bits per heavy atom. The summed E-state index contributed by atoms with van der Waals surface area (Å²) in [5, 5.41) is 1.16. The SMILES string of the molecule is CCCCc1nc2cnc3ccccc3c2n1NCCC. The minimum atomic E-state index is 0.946. The van der Waals surface area contributed by atoms with E-state index in [0.29, 0.717) is 0 Å². The molecule has 3 aromatic rings. The number of imidazole rings is 1. The molecule has 3 rings (SSSR count). The first-order chi connectivity index (χ1) is 10.3. The van der Waals surface area contributed by atoms with Crippen LogP contribution in [0.5, 0.6) is 0 Å². The molecule has 4 heteroatoms. The fourth-order valence-electron chi connectivity index (χ4n) is 2.65. The van der Waals surface area contributed by atoms with Crippen LogP contribution in [0.25, 0.3) is 21.9 Å². The number of unbranched alkanes of at least 4 members (excludes halogenated alkanes) is 1. The highest BCUT2D eigenvalue weighted by Gasteiger charge is 2.13. The van der Waals surface area contributed by atoms with Crippen LogP contribution >= 0.6 is 0 Å². The molecule has 21 heavy (non-hydrogen) atoms. The zero-order valence-electron chi connectivity index (χ0n) is 12.8. The van der Waals surface area contributed by atoms with Gasteiger partial charge in [0.2, 0.25) is 0 Å². The summed E-state index contributed by atoms with van der Waals surface area (Å²) in [6.45, 7) is 5.34. The molecule has 2 heterocycles. The number of hydrogen-bond donors (Lipinski definition) is 1. The Morgan fingerprint density at radius 3 is 2.76 bits per heavy atom. The van der Waals surface area contributed by atoms with Crippen molar-refractivity contribution in [2.75, 3.05) is 12.0 Å². The van der Waals surface area contributed by atoms with E-state index in [2.05, 4.69) is 47.1 Å². The average molecular weight is 282 g/mol. The fourth-order valence-corrected chi connectivity index (χ4v) is 2.65. The van der Waals surface area contributed by atoms with Crippen molar-refractivity contribution in [3.05, 3.63) is 36.3 Å². The zero-order valence-corrected chi connectivity index (χ0v) is 12.8. The van der Waals surface area contributed by atoms with Gasteiger partial charge >= 0.3 is 0 Å². The molecule has 0 saturated heterocycles. The Labute approximate surface area is 125 Å². The molecule has 0 aliphatic heterocycles. The molecular weight excluding hydrogens is 260 g/mol. The van der Waals surface area contributed by atoms with Crippen molar-refractivity contribution in [2.24, 2.45) is 0 Å². The van der Waals surface area contributed by atoms with E-state index in [1.54, 1.807) is 0 Å². The second-order valence-electron chi connectivity index (χ2n) is 5.38. The van der Waals surface area contributed by atoms with Crippen LogP contribution in [-0.4, -0.2) is 21.2 Å². The van der Waals surface area contributed by atoms with Crippen molar-refractivity contribution in [1.29, 1.82) is 0 Å². The number of benzene rings is 1. The second-order valence-corrected chi connectivity index (χ2v) is 5.38. The number of pyridine rings is 1. The van der Waals surface area contributed by atoms with Crippen molar-refractivity contribution in [3.8, 4) is 0 Å². The molecule has 0 fully saturated rings. The van der Waals surface area contributed by atoms with Gasteiger partial charge in [-0.1, -0.05) is 38.5 Å². The van der Waals surface area contributed by atoms with Crippen molar-refractivity contribution in [3.63, 3.8) is 0 Å². The van der Waals surface area contributed by atoms with Crippen LogP contribution in [0.2, 0.25) is 0 Å². The predicted molar refractivity (Wildman–Crippen MR) is 88.2 cm³/mol. The molecule has 0 atom stereocenters. The summed E-state index contributed by atoms with van der Waals surface area (Å²) in [7, 11) is 0. The van der Waals surface area contributed by atoms with Crippen LogP contribution < -0.4 is 5.43 Å². The molecule has 0 bridgehead atoms. The molecule has 0 aliphatic rings. The maximum absolute atomic E-state index is 4.79. The first kappa shape index (κ1) is 13.9. The third kappa shape index (κ3) is 2.58.